The molecule has 2 heterocycles. The lowest BCUT2D eigenvalue weighted by Gasteiger charge is -2.15. The molecule has 33 heavy (non-hydrogen) atoms. The van der Waals surface area contributed by atoms with Crippen LogP contribution in [0.2, 0.25) is 0 Å². The van der Waals surface area contributed by atoms with Crippen molar-refractivity contribution in [2.75, 3.05) is 12.4 Å². The Morgan fingerprint density at radius 3 is 2.70 bits per heavy atom. The van der Waals surface area contributed by atoms with E-state index in [0.29, 0.717) is 11.3 Å². The Hall–Kier alpha value is -2.89. The van der Waals surface area contributed by atoms with Crippen LogP contribution in [0, 0.1) is 13.8 Å². The fourth-order valence-electron chi connectivity index (χ4n) is 3.43. The highest BCUT2D eigenvalue weighted by Gasteiger charge is 2.17. The largest absolute Gasteiger partial charge is 0.496 e. The van der Waals surface area contributed by atoms with Crippen LogP contribution in [-0.2, 0) is 6.42 Å². The van der Waals surface area contributed by atoms with Crippen molar-refractivity contribution in [1.29, 1.82) is 0 Å². The number of benzene rings is 2. The molecule has 0 fully saturated rings. The van der Waals surface area contributed by atoms with Crippen LogP contribution in [0.15, 0.2) is 34.8 Å². The van der Waals surface area contributed by atoms with Crippen LogP contribution in [-0.4, -0.2) is 37.9 Å². The Kier molecular flexibility index (Phi) is 6.73. The maximum atomic E-state index is 12.8. The summed E-state index contributed by atoms with van der Waals surface area (Å²) in [6.45, 7) is 5.87. The molecule has 0 unspecified atom stereocenters. The van der Waals surface area contributed by atoms with Gasteiger partial charge in [0.05, 0.1) is 12.7 Å². The van der Waals surface area contributed by atoms with Crippen LogP contribution >= 0.6 is 39.5 Å². The second-order valence-corrected chi connectivity index (χ2v) is 9.59. The molecule has 8 nitrogen and oxygen atoms in total. The maximum absolute atomic E-state index is 12.8. The Morgan fingerprint density at radius 2 is 2.00 bits per heavy atom. The van der Waals surface area contributed by atoms with Crippen molar-refractivity contribution in [3.8, 4) is 16.3 Å². The summed E-state index contributed by atoms with van der Waals surface area (Å²) in [6, 6.07) is 9.48. The summed E-state index contributed by atoms with van der Waals surface area (Å²) >= 11 is 10.3. The number of carbonyl (C=O) groups is 1. The van der Waals surface area contributed by atoms with Crippen molar-refractivity contribution in [1.82, 2.24) is 25.1 Å². The molecular formula is C22H21BrN6O2S2. The Morgan fingerprint density at radius 1 is 1.21 bits per heavy atom. The summed E-state index contributed by atoms with van der Waals surface area (Å²) in [5.41, 5.74) is 3.97. The van der Waals surface area contributed by atoms with Crippen LogP contribution in [0.25, 0.3) is 15.5 Å². The second kappa shape index (κ2) is 9.54. The van der Waals surface area contributed by atoms with Crippen LogP contribution in [0.3, 0.4) is 0 Å². The van der Waals surface area contributed by atoms with Gasteiger partial charge in [-0.15, -0.1) is 10.2 Å². The summed E-state index contributed by atoms with van der Waals surface area (Å²) in [5, 5.41) is 19.8. The number of hydrogen-bond donors (Lipinski definition) is 2. The molecule has 0 aliphatic carbocycles. The van der Waals surface area contributed by atoms with Crippen molar-refractivity contribution >= 4 is 61.2 Å². The smallest absolute Gasteiger partial charge is 0.261 e. The number of rotatable bonds is 5. The number of methoxy groups -OCH3 is 1. The summed E-state index contributed by atoms with van der Waals surface area (Å²) in [6.07, 6.45) is 0.765. The molecule has 4 aromatic rings. The summed E-state index contributed by atoms with van der Waals surface area (Å²) in [5.74, 6) is 0.991. The van der Waals surface area contributed by atoms with Gasteiger partial charge in [0.25, 0.3) is 5.91 Å². The van der Waals surface area contributed by atoms with Crippen LogP contribution in [0.4, 0.5) is 5.69 Å². The highest BCUT2D eigenvalue weighted by atomic mass is 79.9. The number of carbonyl (C=O) groups excluding carboxylic acids is 1. The molecule has 2 aromatic carbocycles. The lowest BCUT2D eigenvalue weighted by molar-refractivity contribution is 0.0974. The van der Waals surface area contributed by atoms with Crippen molar-refractivity contribution in [3.05, 3.63) is 57.3 Å². The lowest BCUT2D eigenvalue weighted by Crippen LogP contribution is -2.34. The number of fused-ring (bicyclic) bond motifs is 1. The fourth-order valence-corrected chi connectivity index (χ4v) is 5.05. The van der Waals surface area contributed by atoms with E-state index in [4.69, 9.17) is 17.0 Å². The standard InChI is InChI=1S/C22H21BrN6O2S2/c1-5-17-26-27-22-29(17)28-20(33-22)13-6-7-16(11(2)8-13)24-21(32)25-19(30)15-10-14(23)9-12(3)18(15)31-4/h6-10H,5H2,1-4H3,(H2,24,25,30,32). The van der Waals surface area contributed by atoms with Gasteiger partial charge >= 0.3 is 0 Å². The van der Waals surface area contributed by atoms with E-state index >= 15 is 0 Å². The molecule has 11 heteroatoms. The quantitative estimate of drug-likeness (QED) is 0.344. The van der Waals surface area contributed by atoms with Gasteiger partial charge in [-0.1, -0.05) is 34.2 Å². The molecule has 0 saturated heterocycles. The molecular weight excluding hydrogens is 524 g/mol. The van der Waals surface area contributed by atoms with Gasteiger partial charge in [0.15, 0.2) is 10.9 Å². The minimum absolute atomic E-state index is 0.196. The SMILES string of the molecule is CCc1nnc2sc(-c3ccc(NC(=S)NC(=O)c4cc(Br)cc(C)c4OC)c(C)c3)nn12. The van der Waals surface area contributed by atoms with E-state index in [1.54, 1.807) is 10.6 Å². The topological polar surface area (TPSA) is 93.4 Å². The van der Waals surface area contributed by atoms with Gasteiger partial charge < -0.3 is 10.1 Å². The zero-order chi connectivity index (χ0) is 23.7. The number of nitrogens with one attached hydrogen (secondary N) is 2. The molecule has 170 valence electrons. The number of halogens is 1. The van der Waals surface area contributed by atoms with E-state index in [1.165, 1.54) is 18.4 Å². The number of ether oxygens (including phenoxy) is 1. The predicted molar refractivity (Wildman–Crippen MR) is 137 cm³/mol. The third-order valence-electron chi connectivity index (χ3n) is 5.01. The monoisotopic (exact) mass is 544 g/mol. The molecule has 0 atom stereocenters. The van der Waals surface area contributed by atoms with Gasteiger partial charge in [0, 0.05) is 22.1 Å². The third-order valence-corrected chi connectivity index (χ3v) is 6.62. The number of aromatic nitrogens is 4. The number of amides is 1. The van der Waals surface area contributed by atoms with E-state index in [-0.39, 0.29) is 11.0 Å². The first-order valence-electron chi connectivity index (χ1n) is 10.1. The third kappa shape index (κ3) is 4.75. The summed E-state index contributed by atoms with van der Waals surface area (Å²) < 4.78 is 7.96. The molecule has 0 bridgehead atoms. The highest BCUT2D eigenvalue weighted by Crippen LogP contribution is 2.29. The molecule has 2 N–H and O–H groups in total. The van der Waals surface area contributed by atoms with E-state index < -0.39 is 0 Å². The molecule has 1 amide bonds. The fraction of sp³-hybridized carbons (Fsp3) is 0.227. The maximum Gasteiger partial charge on any atom is 0.261 e. The van der Waals surface area contributed by atoms with Crippen LogP contribution in [0.1, 0.15) is 34.2 Å². The average Bonchev–Trinajstić information content (AvgIpc) is 3.35. The van der Waals surface area contributed by atoms with E-state index in [0.717, 1.165) is 49.1 Å². The van der Waals surface area contributed by atoms with Gasteiger partial charge in [-0.05, 0) is 67.5 Å². The zero-order valence-corrected chi connectivity index (χ0v) is 21.6. The molecule has 0 spiro atoms. The van der Waals surface area contributed by atoms with Crippen molar-refractivity contribution in [3.63, 3.8) is 0 Å². The Labute approximate surface area is 208 Å². The first-order valence-corrected chi connectivity index (χ1v) is 12.1. The highest BCUT2D eigenvalue weighted by molar-refractivity contribution is 9.10. The van der Waals surface area contributed by atoms with Gasteiger partial charge in [0.1, 0.15) is 10.8 Å². The minimum Gasteiger partial charge on any atom is -0.496 e. The minimum atomic E-state index is -0.352. The molecule has 0 aliphatic heterocycles. The zero-order valence-electron chi connectivity index (χ0n) is 18.4. The molecule has 2 aromatic heterocycles. The second-order valence-electron chi connectivity index (χ2n) is 7.31. The normalized spacial score (nSPS) is 10.9. The first kappa shape index (κ1) is 23.3. The lowest BCUT2D eigenvalue weighted by atomic mass is 10.1. The summed E-state index contributed by atoms with van der Waals surface area (Å²) in [4.78, 5) is 13.6. The van der Waals surface area contributed by atoms with Gasteiger partial charge in [-0.3, -0.25) is 10.1 Å². The Balaban J connectivity index is 1.49. The first-order chi connectivity index (χ1) is 15.8. The van der Waals surface area contributed by atoms with Gasteiger partial charge in [0.2, 0.25) is 4.96 Å². The van der Waals surface area contributed by atoms with E-state index in [1.807, 2.05) is 45.0 Å². The summed E-state index contributed by atoms with van der Waals surface area (Å²) in [7, 11) is 1.54. The average molecular weight is 545 g/mol. The van der Waals surface area contributed by atoms with Crippen molar-refractivity contribution < 1.29 is 9.53 Å². The molecule has 4 rings (SSSR count). The van der Waals surface area contributed by atoms with Crippen molar-refractivity contribution in [2.24, 2.45) is 0 Å². The van der Waals surface area contributed by atoms with Crippen LogP contribution < -0.4 is 15.4 Å². The molecule has 0 radical (unpaired) electrons. The van der Waals surface area contributed by atoms with Crippen molar-refractivity contribution in [2.45, 2.75) is 27.2 Å². The Bertz CT molecular complexity index is 1380. The van der Waals surface area contributed by atoms with Crippen LogP contribution in [0.5, 0.6) is 5.75 Å². The van der Waals surface area contributed by atoms with E-state index in [9.17, 15) is 4.79 Å². The van der Waals surface area contributed by atoms with Gasteiger partial charge in [-0.2, -0.15) is 9.61 Å². The number of hydrogen-bond acceptors (Lipinski definition) is 7. The number of nitrogens with zero attached hydrogens (tertiary/aromatic N) is 4. The predicted octanol–water partition coefficient (Wildman–Crippen LogP) is 4.93. The number of thiocarbonyl (C=S) groups is 1. The number of aryl methyl sites for hydroxylation is 3. The van der Waals surface area contributed by atoms with E-state index in [2.05, 4.69) is 41.9 Å². The van der Waals surface area contributed by atoms with Gasteiger partial charge in [-0.25, -0.2) is 0 Å². The molecule has 0 aliphatic rings. The molecule has 0 saturated carbocycles. The number of anilines is 1.